The van der Waals surface area contributed by atoms with Crippen molar-refractivity contribution in [1.82, 2.24) is 5.32 Å². The van der Waals surface area contributed by atoms with Crippen LogP contribution in [0.2, 0.25) is 0 Å². The van der Waals surface area contributed by atoms with Gasteiger partial charge in [0.05, 0.1) is 5.56 Å². The average molecular weight is 448 g/mol. The molecule has 180 valence electrons. The molecule has 0 spiro atoms. The molecule has 1 rings (SSSR count). The van der Waals surface area contributed by atoms with Gasteiger partial charge in [-0.05, 0) is 64.2 Å². The van der Waals surface area contributed by atoms with Crippen LogP contribution in [-0.4, -0.2) is 35.1 Å². The third kappa shape index (κ3) is 14.6. The van der Waals surface area contributed by atoms with Crippen molar-refractivity contribution in [2.75, 3.05) is 6.54 Å². The lowest BCUT2D eigenvalue weighted by Crippen LogP contribution is -2.24. The summed E-state index contributed by atoms with van der Waals surface area (Å²) in [5.41, 5.74) is 1.37. The molecule has 0 saturated carbocycles. The summed E-state index contributed by atoms with van der Waals surface area (Å²) < 4.78 is 5.39. The summed E-state index contributed by atoms with van der Waals surface area (Å²) in [6, 6.07) is 7.72. The molecule has 1 aromatic carbocycles. The number of carbonyl (C=O) groups is 3. The van der Waals surface area contributed by atoms with Crippen LogP contribution in [0.5, 0.6) is 0 Å². The molecule has 0 aliphatic carbocycles. The van der Waals surface area contributed by atoms with Gasteiger partial charge < -0.3 is 15.2 Å². The van der Waals surface area contributed by atoms with E-state index in [1.807, 2.05) is 45.0 Å². The minimum absolute atomic E-state index is 0.0227. The second-order valence-electron chi connectivity index (χ2n) is 9.37. The standard InChI is InChI=1S/C26H41NO5/c1-26(2,3)32-25(31)22-18-16-21(17-19-22)13-10-8-6-4-5-7-9-11-14-23(28)27-20-12-15-24(29)30/h16-19H,4-15,20H2,1-3H3,(H,27,28)(H,29,30). The fourth-order valence-electron chi connectivity index (χ4n) is 3.38. The highest BCUT2D eigenvalue weighted by Gasteiger charge is 2.17. The first-order chi connectivity index (χ1) is 15.2. The first-order valence-electron chi connectivity index (χ1n) is 12.0. The third-order valence-electron chi connectivity index (χ3n) is 5.10. The van der Waals surface area contributed by atoms with E-state index in [0.29, 0.717) is 24.9 Å². The van der Waals surface area contributed by atoms with E-state index in [-0.39, 0.29) is 18.3 Å². The molecule has 0 bridgehead atoms. The molecule has 2 N–H and O–H groups in total. The fourth-order valence-corrected chi connectivity index (χ4v) is 3.38. The molecule has 0 aliphatic heterocycles. The van der Waals surface area contributed by atoms with Gasteiger partial charge in [0.1, 0.15) is 5.60 Å². The maximum atomic E-state index is 12.0. The van der Waals surface area contributed by atoms with Gasteiger partial charge in [-0.25, -0.2) is 4.79 Å². The zero-order chi connectivity index (χ0) is 23.8. The summed E-state index contributed by atoms with van der Waals surface area (Å²) in [6.07, 6.45) is 11.2. The van der Waals surface area contributed by atoms with E-state index in [0.717, 1.165) is 32.1 Å². The van der Waals surface area contributed by atoms with Gasteiger partial charge in [0.2, 0.25) is 5.91 Å². The van der Waals surface area contributed by atoms with Crippen molar-refractivity contribution >= 4 is 17.8 Å². The highest BCUT2D eigenvalue weighted by molar-refractivity contribution is 5.89. The highest BCUT2D eigenvalue weighted by Crippen LogP contribution is 2.15. The van der Waals surface area contributed by atoms with Gasteiger partial charge in [0.15, 0.2) is 0 Å². The van der Waals surface area contributed by atoms with Crippen LogP contribution in [0.15, 0.2) is 24.3 Å². The van der Waals surface area contributed by atoms with Gasteiger partial charge in [-0.1, -0.05) is 50.7 Å². The number of carboxylic acids is 1. The van der Waals surface area contributed by atoms with Crippen molar-refractivity contribution in [3.63, 3.8) is 0 Å². The van der Waals surface area contributed by atoms with Gasteiger partial charge in [-0.15, -0.1) is 0 Å². The molecule has 6 heteroatoms. The summed E-state index contributed by atoms with van der Waals surface area (Å²) in [4.78, 5) is 34.1. The van der Waals surface area contributed by atoms with Crippen LogP contribution in [0.25, 0.3) is 0 Å². The van der Waals surface area contributed by atoms with Crippen LogP contribution >= 0.6 is 0 Å². The van der Waals surface area contributed by atoms with Crippen LogP contribution in [0.3, 0.4) is 0 Å². The van der Waals surface area contributed by atoms with Crippen molar-refractivity contribution in [2.45, 2.75) is 103 Å². The molecule has 0 fully saturated rings. The van der Waals surface area contributed by atoms with E-state index in [2.05, 4.69) is 5.32 Å². The predicted octanol–water partition coefficient (Wildman–Crippen LogP) is 5.68. The second-order valence-corrected chi connectivity index (χ2v) is 9.37. The first kappa shape index (κ1) is 27.7. The molecule has 0 aliphatic rings. The van der Waals surface area contributed by atoms with E-state index >= 15 is 0 Å². The molecule has 1 aromatic rings. The monoisotopic (exact) mass is 447 g/mol. The molecule has 0 radical (unpaired) electrons. The number of rotatable bonds is 16. The molecule has 0 aromatic heterocycles. The number of carboxylic acid groups (broad SMARTS) is 1. The molecule has 6 nitrogen and oxygen atoms in total. The Hall–Kier alpha value is -2.37. The van der Waals surface area contributed by atoms with Crippen molar-refractivity contribution in [1.29, 1.82) is 0 Å². The molecule has 1 amide bonds. The Morgan fingerprint density at radius 1 is 0.812 bits per heavy atom. The van der Waals surface area contributed by atoms with Crippen molar-refractivity contribution in [2.24, 2.45) is 0 Å². The SMILES string of the molecule is CC(C)(C)OC(=O)c1ccc(CCCCCCCCCCC(=O)NCCCC(=O)O)cc1. The number of aryl methyl sites for hydroxylation is 1. The lowest BCUT2D eigenvalue weighted by molar-refractivity contribution is -0.137. The maximum absolute atomic E-state index is 12.0. The number of esters is 1. The van der Waals surface area contributed by atoms with Gasteiger partial charge in [0.25, 0.3) is 0 Å². The Morgan fingerprint density at radius 3 is 1.94 bits per heavy atom. The van der Waals surface area contributed by atoms with Crippen LogP contribution < -0.4 is 5.32 Å². The number of nitrogens with one attached hydrogen (secondary N) is 1. The van der Waals surface area contributed by atoms with Gasteiger partial charge >= 0.3 is 11.9 Å². The summed E-state index contributed by atoms with van der Waals surface area (Å²) in [5.74, 6) is -1.08. The molecule has 32 heavy (non-hydrogen) atoms. The molecule has 0 unspecified atom stereocenters. The zero-order valence-electron chi connectivity index (χ0n) is 20.1. The third-order valence-corrected chi connectivity index (χ3v) is 5.10. The maximum Gasteiger partial charge on any atom is 0.338 e. The number of hydrogen-bond acceptors (Lipinski definition) is 4. The molecule has 0 atom stereocenters. The van der Waals surface area contributed by atoms with Crippen molar-refractivity contribution in [3.8, 4) is 0 Å². The minimum atomic E-state index is -0.826. The smallest absolute Gasteiger partial charge is 0.338 e. The van der Waals surface area contributed by atoms with Crippen LogP contribution in [0.1, 0.15) is 107 Å². The molecular formula is C26H41NO5. The first-order valence-corrected chi connectivity index (χ1v) is 12.0. The molecule has 0 heterocycles. The Labute approximate surface area is 193 Å². The van der Waals surface area contributed by atoms with E-state index in [4.69, 9.17) is 9.84 Å². The van der Waals surface area contributed by atoms with Crippen LogP contribution in [0, 0.1) is 0 Å². The number of amides is 1. The lowest BCUT2D eigenvalue weighted by atomic mass is 10.0. The van der Waals surface area contributed by atoms with Crippen molar-refractivity contribution < 1.29 is 24.2 Å². The van der Waals surface area contributed by atoms with Gasteiger partial charge in [-0.3, -0.25) is 9.59 Å². The normalized spacial score (nSPS) is 11.2. The topological polar surface area (TPSA) is 92.7 Å². The average Bonchev–Trinajstić information content (AvgIpc) is 2.71. The molecular weight excluding hydrogens is 406 g/mol. The Morgan fingerprint density at radius 2 is 1.38 bits per heavy atom. The van der Waals surface area contributed by atoms with E-state index in [9.17, 15) is 14.4 Å². The van der Waals surface area contributed by atoms with Gasteiger partial charge in [-0.2, -0.15) is 0 Å². The number of hydrogen-bond donors (Lipinski definition) is 2. The number of benzene rings is 1. The fraction of sp³-hybridized carbons (Fsp3) is 0.654. The van der Waals surface area contributed by atoms with E-state index in [1.54, 1.807) is 0 Å². The van der Waals surface area contributed by atoms with Gasteiger partial charge in [0, 0.05) is 19.4 Å². The van der Waals surface area contributed by atoms with E-state index < -0.39 is 11.6 Å². The summed E-state index contributed by atoms with van der Waals surface area (Å²) >= 11 is 0. The minimum Gasteiger partial charge on any atom is -0.481 e. The second kappa shape index (κ2) is 15.4. The number of aliphatic carboxylic acids is 1. The largest absolute Gasteiger partial charge is 0.481 e. The van der Waals surface area contributed by atoms with Crippen LogP contribution in [-0.2, 0) is 20.7 Å². The number of unbranched alkanes of at least 4 members (excludes halogenated alkanes) is 7. The lowest BCUT2D eigenvalue weighted by Gasteiger charge is -2.19. The summed E-state index contributed by atoms with van der Waals surface area (Å²) in [7, 11) is 0. The summed E-state index contributed by atoms with van der Waals surface area (Å²) in [5, 5.41) is 11.3. The van der Waals surface area contributed by atoms with Crippen molar-refractivity contribution in [3.05, 3.63) is 35.4 Å². The molecule has 0 saturated heterocycles. The number of ether oxygens (including phenoxy) is 1. The highest BCUT2D eigenvalue weighted by atomic mass is 16.6. The Kier molecular flexibility index (Phi) is 13.3. The van der Waals surface area contributed by atoms with Crippen LogP contribution in [0.4, 0.5) is 0 Å². The Bertz CT molecular complexity index is 691. The summed E-state index contributed by atoms with van der Waals surface area (Å²) in [6.45, 7) is 6.05. The van der Waals surface area contributed by atoms with E-state index in [1.165, 1.54) is 31.2 Å². The number of carbonyl (C=O) groups excluding carboxylic acids is 2. The predicted molar refractivity (Wildman–Crippen MR) is 127 cm³/mol. The quantitative estimate of drug-likeness (QED) is 0.251. The Balaban J connectivity index is 1.99. The zero-order valence-corrected chi connectivity index (χ0v) is 20.1.